The summed E-state index contributed by atoms with van der Waals surface area (Å²) in [5, 5.41) is -0.232. The third-order valence-electron chi connectivity index (χ3n) is 3.56. The summed E-state index contributed by atoms with van der Waals surface area (Å²) in [6.07, 6.45) is 0.168. The van der Waals surface area contributed by atoms with Crippen LogP contribution >= 0.6 is 11.8 Å². The second-order valence-electron chi connectivity index (χ2n) is 5.53. The molecule has 1 unspecified atom stereocenters. The van der Waals surface area contributed by atoms with E-state index >= 15 is 0 Å². The van der Waals surface area contributed by atoms with Crippen molar-refractivity contribution < 1.29 is 9.59 Å². The summed E-state index contributed by atoms with van der Waals surface area (Å²) in [5.41, 5.74) is 6.29. The predicted molar refractivity (Wildman–Crippen MR) is 97.4 cm³/mol. The number of hydrogen-bond donors (Lipinski definition) is 1. The summed E-state index contributed by atoms with van der Waals surface area (Å²) in [7, 11) is 0. The van der Waals surface area contributed by atoms with Gasteiger partial charge in [-0.1, -0.05) is 48.5 Å². The Bertz CT molecular complexity index is 662. The number of nitrogens with two attached hydrogens (primary N) is 1. The monoisotopic (exact) mass is 342 g/mol. The summed E-state index contributed by atoms with van der Waals surface area (Å²) < 4.78 is 0. The van der Waals surface area contributed by atoms with E-state index in [9.17, 15) is 9.59 Å². The molecule has 2 amide bonds. The van der Waals surface area contributed by atoms with Crippen molar-refractivity contribution in [3.63, 3.8) is 0 Å². The molecule has 2 rings (SSSR count). The fraction of sp³-hybridized carbons (Fsp3) is 0.263. The molecule has 5 heteroatoms. The van der Waals surface area contributed by atoms with Gasteiger partial charge in [-0.2, -0.15) is 0 Å². The highest BCUT2D eigenvalue weighted by atomic mass is 32.2. The Morgan fingerprint density at radius 2 is 1.62 bits per heavy atom. The number of carbonyl (C=O) groups excluding carboxylic acids is 2. The molecule has 2 aromatic carbocycles. The normalized spacial score (nSPS) is 11.7. The Morgan fingerprint density at radius 3 is 2.21 bits per heavy atom. The summed E-state index contributed by atoms with van der Waals surface area (Å²) in [5.74, 6) is -0.391. The molecule has 0 fully saturated rings. The van der Waals surface area contributed by atoms with Crippen molar-refractivity contribution in [1.29, 1.82) is 0 Å². The van der Waals surface area contributed by atoms with E-state index in [2.05, 4.69) is 0 Å². The maximum atomic E-state index is 12.8. The lowest BCUT2D eigenvalue weighted by molar-refractivity contribution is -0.131. The van der Waals surface area contributed by atoms with Crippen molar-refractivity contribution in [2.75, 3.05) is 6.54 Å². The van der Waals surface area contributed by atoms with Crippen LogP contribution in [0.25, 0.3) is 0 Å². The number of rotatable bonds is 8. The molecule has 24 heavy (non-hydrogen) atoms. The number of thioether (sulfide) groups is 1. The maximum Gasteiger partial charge on any atom is 0.236 e. The third kappa shape index (κ3) is 5.74. The number of nitrogens with zero attached hydrogens (tertiary/aromatic N) is 1. The molecule has 0 aliphatic heterocycles. The van der Waals surface area contributed by atoms with E-state index in [4.69, 9.17) is 5.73 Å². The van der Waals surface area contributed by atoms with Crippen LogP contribution in [0.3, 0.4) is 0 Å². The van der Waals surface area contributed by atoms with Crippen molar-refractivity contribution in [3.05, 3.63) is 66.2 Å². The Hall–Kier alpha value is -2.27. The molecular formula is C19H22N2O2S. The molecule has 0 saturated heterocycles. The molecule has 0 aromatic heterocycles. The first-order valence-electron chi connectivity index (χ1n) is 7.89. The van der Waals surface area contributed by atoms with Gasteiger partial charge >= 0.3 is 0 Å². The average Bonchev–Trinajstić information content (AvgIpc) is 2.59. The lowest BCUT2D eigenvalue weighted by Crippen LogP contribution is -2.38. The predicted octanol–water partition coefficient (Wildman–Crippen LogP) is 3.07. The zero-order valence-corrected chi connectivity index (χ0v) is 14.5. The van der Waals surface area contributed by atoms with Crippen molar-refractivity contribution in [3.8, 4) is 0 Å². The molecule has 2 aromatic rings. The highest BCUT2D eigenvalue weighted by molar-refractivity contribution is 8.00. The summed E-state index contributed by atoms with van der Waals surface area (Å²) in [6, 6.07) is 19.6. The zero-order chi connectivity index (χ0) is 17.4. The lowest BCUT2D eigenvalue weighted by Gasteiger charge is -2.25. The van der Waals surface area contributed by atoms with Crippen LogP contribution in [0.2, 0.25) is 0 Å². The summed E-state index contributed by atoms with van der Waals surface area (Å²) in [4.78, 5) is 26.7. The van der Waals surface area contributed by atoms with Crippen molar-refractivity contribution in [2.45, 2.75) is 30.0 Å². The molecule has 0 spiro atoms. The van der Waals surface area contributed by atoms with Crippen LogP contribution in [-0.2, 0) is 16.1 Å². The van der Waals surface area contributed by atoms with Crippen molar-refractivity contribution in [1.82, 2.24) is 4.90 Å². The van der Waals surface area contributed by atoms with Gasteiger partial charge < -0.3 is 10.6 Å². The Kier molecular flexibility index (Phi) is 6.88. The van der Waals surface area contributed by atoms with Gasteiger partial charge in [-0.3, -0.25) is 9.59 Å². The zero-order valence-electron chi connectivity index (χ0n) is 13.7. The Labute approximate surface area is 147 Å². The maximum absolute atomic E-state index is 12.8. The fourth-order valence-corrected chi connectivity index (χ4v) is 3.30. The average molecular weight is 342 g/mol. The first kappa shape index (κ1) is 18.1. The molecule has 1 atom stereocenters. The van der Waals surface area contributed by atoms with Crippen LogP contribution in [0, 0.1) is 0 Å². The molecule has 0 aliphatic carbocycles. The minimum Gasteiger partial charge on any atom is -0.370 e. The minimum absolute atomic E-state index is 0.00829. The van der Waals surface area contributed by atoms with Gasteiger partial charge in [0.2, 0.25) is 11.8 Å². The first-order valence-corrected chi connectivity index (χ1v) is 8.77. The van der Waals surface area contributed by atoms with Gasteiger partial charge in [0.15, 0.2) is 0 Å². The number of hydrogen-bond acceptors (Lipinski definition) is 3. The highest BCUT2D eigenvalue weighted by Crippen LogP contribution is 2.24. The smallest absolute Gasteiger partial charge is 0.236 e. The Morgan fingerprint density at radius 1 is 1.04 bits per heavy atom. The molecular weight excluding hydrogens is 320 g/mol. The fourth-order valence-electron chi connectivity index (χ4n) is 2.33. The topological polar surface area (TPSA) is 63.4 Å². The van der Waals surface area contributed by atoms with Crippen molar-refractivity contribution in [2.24, 2.45) is 5.73 Å². The summed E-state index contributed by atoms with van der Waals surface area (Å²) in [6.45, 7) is 2.71. The molecule has 2 N–H and O–H groups in total. The molecule has 0 aliphatic rings. The van der Waals surface area contributed by atoms with E-state index in [1.54, 1.807) is 4.90 Å². The minimum atomic E-state index is -0.399. The summed E-state index contributed by atoms with van der Waals surface area (Å²) >= 11 is 1.52. The number of amides is 2. The van der Waals surface area contributed by atoms with Crippen LogP contribution in [0.15, 0.2) is 65.6 Å². The second-order valence-corrected chi connectivity index (χ2v) is 6.95. The van der Waals surface area contributed by atoms with Gasteiger partial charge in [0.25, 0.3) is 0 Å². The van der Waals surface area contributed by atoms with E-state index in [1.807, 2.05) is 67.6 Å². The van der Waals surface area contributed by atoms with E-state index in [0.717, 1.165) is 10.5 Å². The quantitative estimate of drug-likeness (QED) is 0.750. The van der Waals surface area contributed by atoms with Crippen LogP contribution < -0.4 is 5.73 Å². The second kappa shape index (κ2) is 9.13. The van der Waals surface area contributed by atoms with Crippen LogP contribution in [0.5, 0.6) is 0 Å². The molecule has 0 saturated carbocycles. The Balaban J connectivity index is 2.06. The van der Waals surface area contributed by atoms with Gasteiger partial charge in [-0.05, 0) is 24.6 Å². The molecule has 4 nitrogen and oxygen atoms in total. The molecule has 0 radical (unpaired) electrons. The van der Waals surface area contributed by atoms with Crippen LogP contribution in [0.4, 0.5) is 0 Å². The third-order valence-corrected chi connectivity index (χ3v) is 4.66. The number of primary amides is 1. The van der Waals surface area contributed by atoms with Gasteiger partial charge in [0.05, 0.1) is 5.25 Å². The van der Waals surface area contributed by atoms with Crippen LogP contribution in [-0.4, -0.2) is 28.5 Å². The molecule has 0 bridgehead atoms. The molecule has 0 heterocycles. The van der Waals surface area contributed by atoms with E-state index in [1.165, 1.54) is 11.8 Å². The van der Waals surface area contributed by atoms with Crippen LogP contribution in [0.1, 0.15) is 18.9 Å². The number of carbonyl (C=O) groups is 2. The van der Waals surface area contributed by atoms with Gasteiger partial charge in [0, 0.05) is 24.4 Å². The largest absolute Gasteiger partial charge is 0.370 e. The molecule has 126 valence electrons. The first-order chi connectivity index (χ1) is 11.6. The van der Waals surface area contributed by atoms with Crippen molar-refractivity contribution >= 4 is 23.6 Å². The SMILES string of the molecule is CC(Sc1ccccc1)C(=O)N(CCC(N)=O)Cc1ccccc1. The lowest BCUT2D eigenvalue weighted by atomic mass is 10.2. The van der Waals surface area contributed by atoms with Gasteiger partial charge in [-0.25, -0.2) is 0 Å². The number of benzene rings is 2. The van der Waals surface area contributed by atoms with Gasteiger partial charge in [0.1, 0.15) is 0 Å². The van der Waals surface area contributed by atoms with E-state index in [0.29, 0.717) is 13.1 Å². The van der Waals surface area contributed by atoms with E-state index in [-0.39, 0.29) is 17.6 Å². The standard InChI is InChI=1S/C19H22N2O2S/c1-15(24-17-10-6-3-7-11-17)19(23)21(13-12-18(20)22)14-16-8-4-2-5-9-16/h2-11,15H,12-14H2,1H3,(H2,20,22). The van der Waals surface area contributed by atoms with Gasteiger partial charge in [-0.15, -0.1) is 11.8 Å². The van der Waals surface area contributed by atoms with E-state index < -0.39 is 5.91 Å². The highest BCUT2D eigenvalue weighted by Gasteiger charge is 2.22.